The van der Waals surface area contributed by atoms with E-state index in [2.05, 4.69) is 15.6 Å². The summed E-state index contributed by atoms with van der Waals surface area (Å²) in [7, 11) is -3.53. The number of carbonyl (C=O) groups is 1. The van der Waals surface area contributed by atoms with E-state index in [4.69, 9.17) is 23.2 Å². The number of urea groups is 1. The van der Waals surface area contributed by atoms with Crippen LogP contribution in [0.1, 0.15) is 22.4 Å². The van der Waals surface area contributed by atoms with Gasteiger partial charge in [-0.15, -0.1) is 11.3 Å². The number of thiazole rings is 1. The van der Waals surface area contributed by atoms with Crippen LogP contribution in [0.25, 0.3) is 0 Å². The van der Waals surface area contributed by atoms with Crippen molar-refractivity contribution < 1.29 is 13.2 Å². The third kappa shape index (κ3) is 5.72. The molecule has 6 nitrogen and oxygen atoms in total. The van der Waals surface area contributed by atoms with Crippen molar-refractivity contribution in [3.8, 4) is 0 Å². The van der Waals surface area contributed by atoms with Gasteiger partial charge in [-0.3, -0.25) is 5.32 Å². The van der Waals surface area contributed by atoms with Crippen molar-refractivity contribution in [2.45, 2.75) is 31.0 Å². The van der Waals surface area contributed by atoms with Gasteiger partial charge in [0.1, 0.15) is 0 Å². The SMILES string of the molecule is Cc1ccc(S(=O)(=O)Cc2csc(NC(=O)NCc3ccc(Cl)c(Cl)c3)n2)cc1C. The van der Waals surface area contributed by atoms with Crippen LogP contribution in [0.2, 0.25) is 10.0 Å². The molecule has 0 aliphatic carbocycles. The first-order valence-corrected chi connectivity index (χ1v) is 12.2. The molecule has 30 heavy (non-hydrogen) atoms. The molecular weight excluding hydrogens is 465 g/mol. The summed E-state index contributed by atoms with van der Waals surface area (Å²) in [6.07, 6.45) is 0. The standard InChI is InChI=1S/C20H19Cl2N3O3S2/c1-12-3-5-16(7-13(12)2)30(27,28)11-15-10-29-20(24-15)25-19(26)23-9-14-4-6-17(21)18(22)8-14/h3-8,10H,9,11H2,1-2H3,(H2,23,24,25,26). The Hall–Kier alpha value is -2.13. The van der Waals surface area contributed by atoms with Crippen LogP contribution in [0.3, 0.4) is 0 Å². The number of rotatable bonds is 6. The zero-order chi connectivity index (χ0) is 21.9. The molecule has 1 heterocycles. The summed E-state index contributed by atoms with van der Waals surface area (Å²) in [5.74, 6) is -0.238. The zero-order valence-corrected chi connectivity index (χ0v) is 19.3. The second-order valence-corrected chi connectivity index (χ2v) is 10.4. The number of halogens is 2. The average molecular weight is 484 g/mol. The molecule has 0 fully saturated rings. The highest BCUT2D eigenvalue weighted by Crippen LogP contribution is 2.23. The fourth-order valence-electron chi connectivity index (χ4n) is 2.59. The normalized spacial score (nSPS) is 11.3. The smallest absolute Gasteiger partial charge is 0.321 e. The second-order valence-electron chi connectivity index (χ2n) is 6.71. The number of nitrogens with one attached hydrogen (secondary N) is 2. The minimum absolute atomic E-state index is 0.238. The van der Waals surface area contributed by atoms with Gasteiger partial charge in [-0.1, -0.05) is 35.3 Å². The predicted octanol–water partition coefficient (Wildman–Crippen LogP) is 5.36. The molecule has 0 aliphatic rings. The summed E-state index contributed by atoms with van der Waals surface area (Å²) in [6.45, 7) is 4.05. The summed E-state index contributed by atoms with van der Waals surface area (Å²) in [6, 6.07) is 9.67. The molecule has 1 aromatic heterocycles. The Labute approximate surface area is 189 Å². The molecule has 3 aromatic rings. The molecule has 2 amide bonds. The fraction of sp³-hybridized carbons (Fsp3) is 0.200. The minimum atomic E-state index is -3.53. The summed E-state index contributed by atoms with van der Waals surface area (Å²) >= 11 is 13.0. The number of amides is 2. The number of aromatic nitrogens is 1. The van der Waals surface area contributed by atoms with E-state index in [1.54, 1.807) is 41.8 Å². The van der Waals surface area contributed by atoms with Crippen LogP contribution in [0, 0.1) is 13.8 Å². The summed E-state index contributed by atoms with van der Waals surface area (Å²) < 4.78 is 25.3. The molecule has 0 bridgehead atoms. The molecule has 0 saturated heterocycles. The Morgan fingerprint density at radius 2 is 1.83 bits per heavy atom. The van der Waals surface area contributed by atoms with Crippen molar-refractivity contribution in [2.24, 2.45) is 0 Å². The Morgan fingerprint density at radius 1 is 1.07 bits per heavy atom. The lowest BCUT2D eigenvalue weighted by atomic mass is 10.1. The van der Waals surface area contributed by atoms with Crippen LogP contribution < -0.4 is 10.6 Å². The molecular formula is C20H19Cl2N3O3S2. The number of hydrogen-bond donors (Lipinski definition) is 2. The Bertz CT molecular complexity index is 1190. The summed E-state index contributed by atoms with van der Waals surface area (Å²) in [5.41, 5.74) is 3.10. The molecule has 0 aliphatic heterocycles. The van der Waals surface area contributed by atoms with Crippen LogP contribution in [0.4, 0.5) is 9.93 Å². The monoisotopic (exact) mass is 483 g/mol. The van der Waals surface area contributed by atoms with Crippen LogP contribution in [-0.4, -0.2) is 19.4 Å². The maximum Gasteiger partial charge on any atom is 0.321 e. The van der Waals surface area contributed by atoms with Crippen LogP contribution in [-0.2, 0) is 22.1 Å². The van der Waals surface area contributed by atoms with E-state index in [1.807, 2.05) is 13.8 Å². The topological polar surface area (TPSA) is 88.2 Å². The van der Waals surface area contributed by atoms with E-state index < -0.39 is 15.9 Å². The first-order chi connectivity index (χ1) is 14.1. The van der Waals surface area contributed by atoms with E-state index in [1.165, 1.54) is 0 Å². The van der Waals surface area contributed by atoms with Gasteiger partial charge < -0.3 is 5.32 Å². The van der Waals surface area contributed by atoms with E-state index in [0.717, 1.165) is 28.0 Å². The van der Waals surface area contributed by atoms with Gasteiger partial charge in [0.05, 0.1) is 26.4 Å². The Kier molecular flexibility index (Phi) is 7.02. The van der Waals surface area contributed by atoms with Crippen molar-refractivity contribution in [1.82, 2.24) is 10.3 Å². The van der Waals surface area contributed by atoms with E-state index in [0.29, 0.717) is 20.9 Å². The summed E-state index contributed by atoms with van der Waals surface area (Å²) in [5, 5.41) is 8.07. The number of hydrogen-bond acceptors (Lipinski definition) is 5. The molecule has 158 valence electrons. The first-order valence-electron chi connectivity index (χ1n) is 8.87. The highest BCUT2D eigenvalue weighted by molar-refractivity contribution is 7.90. The van der Waals surface area contributed by atoms with Gasteiger partial charge in [0.2, 0.25) is 0 Å². The molecule has 2 N–H and O–H groups in total. The van der Waals surface area contributed by atoms with Gasteiger partial charge in [0.15, 0.2) is 15.0 Å². The molecule has 0 saturated carbocycles. The highest BCUT2D eigenvalue weighted by Gasteiger charge is 2.18. The number of carbonyl (C=O) groups excluding carboxylic acids is 1. The Morgan fingerprint density at radius 3 is 2.53 bits per heavy atom. The number of aryl methyl sites for hydroxylation is 2. The molecule has 0 atom stereocenters. The first kappa shape index (κ1) is 22.6. The van der Waals surface area contributed by atoms with Crippen molar-refractivity contribution in [3.05, 3.63) is 74.2 Å². The zero-order valence-electron chi connectivity index (χ0n) is 16.2. The highest BCUT2D eigenvalue weighted by atomic mass is 35.5. The third-order valence-corrected chi connectivity index (χ3v) is 7.58. The maximum absolute atomic E-state index is 12.7. The molecule has 0 unspecified atom stereocenters. The van der Waals surface area contributed by atoms with Gasteiger partial charge in [0, 0.05) is 11.9 Å². The molecule has 0 spiro atoms. The second kappa shape index (κ2) is 9.34. The number of benzene rings is 2. The van der Waals surface area contributed by atoms with E-state index in [9.17, 15) is 13.2 Å². The van der Waals surface area contributed by atoms with Gasteiger partial charge in [-0.05, 0) is 54.8 Å². The quantitative estimate of drug-likeness (QED) is 0.493. The minimum Gasteiger partial charge on any atom is -0.334 e. The molecule has 0 radical (unpaired) electrons. The largest absolute Gasteiger partial charge is 0.334 e. The van der Waals surface area contributed by atoms with Crippen molar-refractivity contribution in [2.75, 3.05) is 5.32 Å². The fourth-order valence-corrected chi connectivity index (χ4v) is 5.06. The van der Waals surface area contributed by atoms with Crippen molar-refractivity contribution in [3.63, 3.8) is 0 Å². The predicted molar refractivity (Wildman–Crippen MR) is 121 cm³/mol. The van der Waals surface area contributed by atoms with Crippen molar-refractivity contribution in [1.29, 1.82) is 0 Å². The number of nitrogens with zero attached hydrogens (tertiary/aromatic N) is 1. The van der Waals surface area contributed by atoms with E-state index in [-0.39, 0.29) is 17.2 Å². The number of sulfone groups is 1. The molecule has 10 heteroatoms. The maximum atomic E-state index is 12.7. The van der Waals surface area contributed by atoms with Crippen LogP contribution in [0.5, 0.6) is 0 Å². The lowest BCUT2D eigenvalue weighted by molar-refractivity contribution is 0.251. The Balaban J connectivity index is 1.59. The number of anilines is 1. The van der Waals surface area contributed by atoms with Gasteiger partial charge in [-0.25, -0.2) is 18.2 Å². The van der Waals surface area contributed by atoms with Crippen molar-refractivity contribution >= 4 is 55.5 Å². The lowest BCUT2D eigenvalue weighted by Crippen LogP contribution is -2.28. The van der Waals surface area contributed by atoms with Crippen LogP contribution in [0.15, 0.2) is 46.7 Å². The van der Waals surface area contributed by atoms with Gasteiger partial charge in [-0.2, -0.15) is 0 Å². The third-order valence-electron chi connectivity index (χ3n) is 4.38. The average Bonchev–Trinajstić information content (AvgIpc) is 3.10. The molecule has 3 rings (SSSR count). The molecule has 2 aromatic carbocycles. The van der Waals surface area contributed by atoms with Crippen LogP contribution >= 0.6 is 34.5 Å². The summed E-state index contributed by atoms with van der Waals surface area (Å²) in [4.78, 5) is 16.6. The van der Waals surface area contributed by atoms with Gasteiger partial charge in [0.25, 0.3) is 0 Å². The lowest BCUT2D eigenvalue weighted by Gasteiger charge is -2.07. The van der Waals surface area contributed by atoms with E-state index >= 15 is 0 Å². The van der Waals surface area contributed by atoms with Gasteiger partial charge >= 0.3 is 6.03 Å².